The van der Waals surface area contributed by atoms with Crippen molar-refractivity contribution in [1.82, 2.24) is 14.1 Å². The van der Waals surface area contributed by atoms with Gasteiger partial charge in [0.25, 0.3) is 5.56 Å². The zero-order valence-electron chi connectivity index (χ0n) is 13.1. The minimum absolute atomic E-state index is 0.0926. The number of rotatable bonds is 3. The number of benzene rings is 1. The molecule has 0 radical (unpaired) electrons. The highest BCUT2D eigenvalue weighted by Gasteiger charge is 2.26. The Labute approximate surface area is 134 Å². The Balaban J connectivity index is 1.92. The lowest BCUT2D eigenvalue weighted by molar-refractivity contribution is 0.0730. The predicted octanol–water partition coefficient (Wildman–Crippen LogP) is 0.710. The van der Waals surface area contributed by atoms with Gasteiger partial charge < -0.3 is 4.74 Å². The van der Waals surface area contributed by atoms with E-state index >= 15 is 0 Å². The number of nitrogens with zero attached hydrogens (tertiary/aromatic N) is 2. The van der Waals surface area contributed by atoms with Crippen LogP contribution < -0.4 is 5.56 Å². The summed E-state index contributed by atoms with van der Waals surface area (Å²) in [6, 6.07) is 6.58. The molecule has 0 atom stereocenters. The second kappa shape index (κ2) is 5.95. The van der Waals surface area contributed by atoms with E-state index in [9.17, 15) is 13.2 Å². The second-order valence-electron chi connectivity index (χ2n) is 5.52. The summed E-state index contributed by atoms with van der Waals surface area (Å²) in [6.07, 6.45) is 0. The lowest BCUT2D eigenvalue weighted by Gasteiger charge is -2.26. The maximum Gasteiger partial charge on any atom is 0.269 e. The first-order chi connectivity index (χ1) is 10.9. The maximum absolute atomic E-state index is 12.6. The largest absolute Gasteiger partial charge is 0.379 e. The van der Waals surface area contributed by atoms with Crippen molar-refractivity contribution < 1.29 is 13.2 Å². The number of aryl methyl sites for hydroxylation is 1. The standard InChI is InChI=1S/C15H19N3O4S/c1-11-14(16-17(2)15(11)19)12-3-5-13(6-4-12)23(20,21)18-7-9-22-10-8-18/h3-6,16H,7-10H2,1-2H3. The molecule has 23 heavy (non-hydrogen) atoms. The van der Waals surface area contributed by atoms with Gasteiger partial charge in [-0.3, -0.25) is 14.6 Å². The molecule has 3 rings (SSSR count). The number of aromatic amines is 1. The highest BCUT2D eigenvalue weighted by atomic mass is 32.2. The van der Waals surface area contributed by atoms with Crippen molar-refractivity contribution in [3.63, 3.8) is 0 Å². The van der Waals surface area contributed by atoms with Gasteiger partial charge in [0, 0.05) is 25.7 Å². The Morgan fingerprint density at radius 3 is 2.26 bits per heavy atom. The molecule has 0 aliphatic carbocycles. The number of hydrogen-bond acceptors (Lipinski definition) is 4. The fourth-order valence-electron chi connectivity index (χ4n) is 2.67. The van der Waals surface area contributed by atoms with Crippen LogP contribution in [-0.2, 0) is 21.8 Å². The van der Waals surface area contributed by atoms with E-state index in [1.165, 1.54) is 8.99 Å². The fourth-order valence-corrected chi connectivity index (χ4v) is 4.08. The summed E-state index contributed by atoms with van der Waals surface area (Å²) < 4.78 is 33.2. The summed E-state index contributed by atoms with van der Waals surface area (Å²) in [7, 11) is -1.85. The van der Waals surface area contributed by atoms with E-state index < -0.39 is 10.0 Å². The van der Waals surface area contributed by atoms with Gasteiger partial charge in [-0.25, -0.2) is 8.42 Å². The zero-order valence-corrected chi connectivity index (χ0v) is 13.9. The molecule has 1 aliphatic rings. The molecule has 1 N–H and O–H groups in total. The van der Waals surface area contributed by atoms with Crippen LogP contribution in [0.1, 0.15) is 5.56 Å². The molecule has 1 aliphatic heterocycles. The Morgan fingerprint density at radius 2 is 1.74 bits per heavy atom. The summed E-state index contributed by atoms with van der Waals surface area (Å²) in [5.74, 6) is 0. The molecule has 0 amide bonds. The molecule has 0 bridgehead atoms. The van der Waals surface area contributed by atoms with Crippen molar-refractivity contribution in [3.8, 4) is 11.3 Å². The molecule has 7 nitrogen and oxygen atoms in total. The number of morpholine rings is 1. The van der Waals surface area contributed by atoms with Crippen LogP contribution in [0.15, 0.2) is 34.0 Å². The molecule has 0 unspecified atom stereocenters. The van der Waals surface area contributed by atoms with Crippen molar-refractivity contribution in [2.75, 3.05) is 26.3 Å². The van der Waals surface area contributed by atoms with Crippen LogP contribution >= 0.6 is 0 Å². The quantitative estimate of drug-likeness (QED) is 0.894. The van der Waals surface area contributed by atoms with Crippen molar-refractivity contribution in [2.45, 2.75) is 11.8 Å². The molecule has 0 saturated carbocycles. The first-order valence-corrected chi connectivity index (χ1v) is 8.79. The third kappa shape index (κ3) is 2.85. The van der Waals surface area contributed by atoms with Crippen LogP contribution in [0, 0.1) is 6.92 Å². The number of aromatic nitrogens is 2. The van der Waals surface area contributed by atoms with Gasteiger partial charge in [-0.1, -0.05) is 12.1 Å². The van der Waals surface area contributed by atoms with E-state index in [0.29, 0.717) is 37.6 Å². The SMILES string of the molecule is Cc1c(-c2ccc(S(=O)(=O)N3CCOCC3)cc2)[nH]n(C)c1=O. The average molecular weight is 337 g/mol. The third-order valence-electron chi connectivity index (χ3n) is 4.03. The normalized spacial score (nSPS) is 16.6. The third-order valence-corrected chi connectivity index (χ3v) is 5.94. The Hall–Kier alpha value is -1.90. The highest BCUT2D eigenvalue weighted by Crippen LogP contribution is 2.23. The number of ether oxygens (including phenoxy) is 1. The van der Waals surface area contributed by atoms with Gasteiger partial charge in [0.05, 0.1) is 23.8 Å². The van der Waals surface area contributed by atoms with Crippen LogP contribution in [0.5, 0.6) is 0 Å². The monoisotopic (exact) mass is 337 g/mol. The molecule has 2 heterocycles. The zero-order chi connectivity index (χ0) is 16.6. The lowest BCUT2D eigenvalue weighted by atomic mass is 10.1. The van der Waals surface area contributed by atoms with Gasteiger partial charge in [-0.15, -0.1) is 0 Å². The van der Waals surface area contributed by atoms with E-state index in [2.05, 4.69) is 5.10 Å². The summed E-state index contributed by atoms with van der Waals surface area (Å²) >= 11 is 0. The number of hydrogen-bond donors (Lipinski definition) is 1. The van der Waals surface area contributed by atoms with E-state index in [0.717, 1.165) is 5.56 Å². The Kier molecular flexibility index (Phi) is 4.13. The first kappa shape index (κ1) is 16.0. The van der Waals surface area contributed by atoms with Gasteiger partial charge >= 0.3 is 0 Å². The summed E-state index contributed by atoms with van der Waals surface area (Å²) in [5, 5.41) is 2.98. The molecule has 124 valence electrons. The van der Waals surface area contributed by atoms with Gasteiger partial charge in [0.15, 0.2) is 0 Å². The van der Waals surface area contributed by atoms with Crippen LogP contribution in [0.4, 0.5) is 0 Å². The van der Waals surface area contributed by atoms with Crippen molar-refractivity contribution in [3.05, 3.63) is 40.2 Å². The number of sulfonamides is 1. The summed E-state index contributed by atoms with van der Waals surface area (Å²) in [4.78, 5) is 12.1. The predicted molar refractivity (Wildman–Crippen MR) is 85.8 cm³/mol. The van der Waals surface area contributed by atoms with Crippen LogP contribution in [-0.4, -0.2) is 48.8 Å². The van der Waals surface area contributed by atoms with Gasteiger partial charge in [0.1, 0.15) is 0 Å². The Morgan fingerprint density at radius 1 is 1.13 bits per heavy atom. The molecule has 2 aromatic rings. The van der Waals surface area contributed by atoms with Crippen molar-refractivity contribution in [1.29, 1.82) is 0 Å². The average Bonchev–Trinajstić information content (AvgIpc) is 2.83. The molecule has 1 aromatic carbocycles. The Bertz CT molecular complexity index is 859. The molecular formula is C15H19N3O4S. The maximum atomic E-state index is 12.6. The molecule has 8 heteroatoms. The minimum Gasteiger partial charge on any atom is -0.379 e. The van der Waals surface area contributed by atoms with E-state index in [1.54, 1.807) is 38.2 Å². The molecule has 1 fully saturated rings. The number of nitrogens with one attached hydrogen (secondary N) is 1. The number of H-pyrrole nitrogens is 1. The van der Waals surface area contributed by atoms with Gasteiger partial charge in [-0.05, 0) is 24.6 Å². The minimum atomic E-state index is -3.50. The smallest absolute Gasteiger partial charge is 0.269 e. The summed E-state index contributed by atoms with van der Waals surface area (Å²) in [5.41, 5.74) is 2.00. The van der Waals surface area contributed by atoms with Crippen LogP contribution in [0.3, 0.4) is 0 Å². The van der Waals surface area contributed by atoms with E-state index in [4.69, 9.17) is 4.74 Å². The summed E-state index contributed by atoms with van der Waals surface area (Å²) in [6.45, 7) is 3.32. The molecular weight excluding hydrogens is 318 g/mol. The van der Waals surface area contributed by atoms with Crippen molar-refractivity contribution >= 4 is 10.0 Å². The van der Waals surface area contributed by atoms with E-state index in [-0.39, 0.29) is 10.5 Å². The van der Waals surface area contributed by atoms with E-state index in [1.807, 2.05) is 0 Å². The highest BCUT2D eigenvalue weighted by molar-refractivity contribution is 7.89. The molecule has 1 saturated heterocycles. The molecule has 1 aromatic heterocycles. The first-order valence-electron chi connectivity index (χ1n) is 7.35. The van der Waals surface area contributed by atoms with Gasteiger partial charge in [-0.2, -0.15) is 4.31 Å². The van der Waals surface area contributed by atoms with Crippen LogP contribution in [0.25, 0.3) is 11.3 Å². The molecule has 0 spiro atoms. The second-order valence-corrected chi connectivity index (χ2v) is 7.45. The van der Waals surface area contributed by atoms with Gasteiger partial charge in [0.2, 0.25) is 10.0 Å². The van der Waals surface area contributed by atoms with Crippen molar-refractivity contribution in [2.24, 2.45) is 7.05 Å². The lowest BCUT2D eigenvalue weighted by Crippen LogP contribution is -2.40. The topological polar surface area (TPSA) is 84.4 Å². The van der Waals surface area contributed by atoms with Crippen LogP contribution in [0.2, 0.25) is 0 Å². The fraction of sp³-hybridized carbons (Fsp3) is 0.400.